The Morgan fingerprint density at radius 1 is 1.44 bits per heavy atom. The topological polar surface area (TPSA) is 102 Å². The van der Waals surface area contributed by atoms with Gasteiger partial charge < -0.3 is 15.5 Å². The van der Waals surface area contributed by atoms with E-state index in [1.807, 2.05) is 6.92 Å². The summed E-state index contributed by atoms with van der Waals surface area (Å²) < 4.78 is 4.84. The van der Waals surface area contributed by atoms with Gasteiger partial charge in [0.1, 0.15) is 18.0 Å². The van der Waals surface area contributed by atoms with Crippen molar-refractivity contribution >= 4 is 17.6 Å². The Morgan fingerprint density at radius 3 is 2.83 bits per heavy atom. The highest BCUT2D eigenvalue weighted by Gasteiger charge is 2.06. The number of nitrogens with zero attached hydrogens (tertiary/aromatic N) is 2. The molecule has 0 aromatic carbocycles. The monoisotopic (exact) mass is 253 g/mol. The molecule has 0 unspecified atom stereocenters. The zero-order valence-electron chi connectivity index (χ0n) is 10.7. The molecule has 100 valence electrons. The molecule has 4 N–H and O–H groups in total. The number of carbonyl (C=O) groups excluding carboxylic acids is 1. The maximum Gasteiger partial charge on any atom is 0.305 e. The fraction of sp³-hybridized carbons (Fsp3) is 0.545. The minimum absolute atomic E-state index is 0.178. The minimum atomic E-state index is -0.178. The van der Waals surface area contributed by atoms with Crippen LogP contribution in [-0.2, 0) is 9.53 Å². The minimum Gasteiger partial charge on any atom is -0.466 e. The van der Waals surface area contributed by atoms with Crippen LogP contribution in [0.4, 0.5) is 11.6 Å². The lowest BCUT2D eigenvalue weighted by Crippen LogP contribution is -2.13. The normalized spacial score (nSPS) is 9.94. The van der Waals surface area contributed by atoms with Crippen LogP contribution in [0.2, 0.25) is 0 Å². The van der Waals surface area contributed by atoms with Crippen LogP contribution in [0.1, 0.15) is 25.3 Å². The Kier molecular flexibility index (Phi) is 5.86. The maximum absolute atomic E-state index is 11.1. The summed E-state index contributed by atoms with van der Waals surface area (Å²) in [5, 5.41) is 3.13. The third kappa shape index (κ3) is 4.17. The number of hydrogen-bond acceptors (Lipinski definition) is 7. The number of esters is 1. The van der Waals surface area contributed by atoms with E-state index >= 15 is 0 Å². The van der Waals surface area contributed by atoms with Crippen molar-refractivity contribution < 1.29 is 9.53 Å². The molecule has 18 heavy (non-hydrogen) atoms. The summed E-state index contributed by atoms with van der Waals surface area (Å²) in [6, 6.07) is 0. The average molecular weight is 253 g/mol. The largest absolute Gasteiger partial charge is 0.466 e. The maximum atomic E-state index is 11.1. The molecule has 0 fully saturated rings. The molecule has 0 aliphatic carbocycles. The van der Waals surface area contributed by atoms with Crippen LogP contribution in [0.5, 0.6) is 0 Å². The standard InChI is InChI=1S/C11H19N5O2/c1-3-18-9(17)5-4-6-13-10-8(2)11(16-12)15-7-14-10/h7H,3-6,12H2,1-2H3,(H2,13,14,15,16). The van der Waals surface area contributed by atoms with Gasteiger partial charge in [0.15, 0.2) is 0 Å². The smallest absolute Gasteiger partial charge is 0.305 e. The molecule has 1 aromatic rings. The molecule has 0 aliphatic heterocycles. The second kappa shape index (κ2) is 7.44. The number of aromatic nitrogens is 2. The van der Waals surface area contributed by atoms with Crippen LogP contribution in [0.3, 0.4) is 0 Å². The molecule has 0 atom stereocenters. The van der Waals surface area contributed by atoms with E-state index in [2.05, 4.69) is 20.7 Å². The molecule has 0 saturated carbocycles. The van der Waals surface area contributed by atoms with E-state index < -0.39 is 0 Å². The van der Waals surface area contributed by atoms with E-state index in [1.54, 1.807) is 6.92 Å². The third-order valence-electron chi connectivity index (χ3n) is 2.38. The molecule has 0 aliphatic rings. The van der Waals surface area contributed by atoms with Crippen LogP contribution in [0.25, 0.3) is 0 Å². The molecule has 0 amide bonds. The molecule has 0 radical (unpaired) electrons. The molecule has 7 nitrogen and oxygen atoms in total. The summed E-state index contributed by atoms with van der Waals surface area (Å²) >= 11 is 0. The van der Waals surface area contributed by atoms with Crippen LogP contribution in [0, 0.1) is 6.92 Å². The van der Waals surface area contributed by atoms with Crippen molar-refractivity contribution in [1.29, 1.82) is 0 Å². The number of nitrogen functional groups attached to an aromatic ring is 1. The van der Waals surface area contributed by atoms with Gasteiger partial charge in [0, 0.05) is 18.5 Å². The first kappa shape index (κ1) is 14.2. The zero-order valence-corrected chi connectivity index (χ0v) is 10.7. The van der Waals surface area contributed by atoms with Crippen LogP contribution >= 0.6 is 0 Å². The average Bonchev–Trinajstić information content (AvgIpc) is 2.36. The van der Waals surface area contributed by atoms with E-state index in [-0.39, 0.29) is 5.97 Å². The molecule has 1 aromatic heterocycles. The first-order valence-corrected chi connectivity index (χ1v) is 5.86. The van der Waals surface area contributed by atoms with Crippen molar-refractivity contribution in [2.75, 3.05) is 23.9 Å². The molecular weight excluding hydrogens is 234 g/mol. The van der Waals surface area contributed by atoms with E-state index in [4.69, 9.17) is 10.6 Å². The second-order valence-corrected chi connectivity index (χ2v) is 3.68. The van der Waals surface area contributed by atoms with E-state index in [0.29, 0.717) is 37.6 Å². The number of rotatable bonds is 7. The van der Waals surface area contributed by atoms with Gasteiger partial charge in [0.25, 0.3) is 0 Å². The predicted molar refractivity (Wildman–Crippen MR) is 68.9 cm³/mol. The summed E-state index contributed by atoms with van der Waals surface area (Å²) in [6.45, 7) is 4.72. The highest BCUT2D eigenvalue weighted by Crippen LogP contribution is 2.16. The Morgan fingerprint density at radius 2 is 2.17 bits per heavy atom. The quantitative estimate of drug-likeness (QED) is 0.286. The van der Waals surface area contributed by atoms with Gasteiger partial charge in [-0.15, -0.1) is 0 Å². The molecule has 0 spiro atoms. The van der Waals surface area contributed by atoms with Gasteiger partial charge in [0.05, 0.1) is 6.61 Å². The summed E-state index contributed by atoms with van der Waals surface area (Å²) in [7, 11) is 0. The van der Waals surface area contributed by atoms with Crippen molar-refractivity contribution in [2.24, 2.45) is 5.84 Å². The Bertz CT molecular complexity index is 397. The van der Waals surface area contributed by atoms with Crippen LogP contribution < -0.4 is 16.6 Å². The van der Waals surface area contributed by atoms with Crippen molar-refractivity contribution in [3.8, 4) is 0 Å². The Hall–Kier alpha value is -1.89. The fourth-order valence-corrected chi connectivity index (χ4v) is 1.45. The SMILES string of the molecule is CCOC(=O)CCCNc1ncnc(NN)c1C. The lowest BCUT2D eigenvalue weighted by atomic mass is 10.3. The zero-order chi connectivity index (χ0) is 13.4. The first-order valence-electron chi connectivity index (χ1n) is 5.86. The Balaban J connectivity index is 2.38. The second-order valence-electron chi connectivity index (χ2n) is 3.68. The van der Waals surface area contributed by atoms with Gasteiger partial charge in [0.2, 0.25) is 0 Å². The van der Waals surface area contributed by atoms with E-state index in [1.165, 1.54) is 6.33 Å². The molecule has 7 heteroatoms. The highest BCUT2D eigenvalue weighted by molar-refractivity contribution is 5.69. The van der Waals surface area contributed by atoms with Crippen LogP contribution in [0.15, 0.2) is 6.33 Å². The summed E-state index contributed by atoms with van der Waals surface area (Å²) in [4.78, 5) is 19.2. The number of nitrogens with two attached hydrogens (primary N) is 1. The third-order valence-corrected chi connectivity index (χ3v) is 2.38. The van der Waals surface area contributed by atoms with Gasteiger partial charge in [-0.3, -0.25) is 4.79 Å². The Labute approximate surface area is 106 Å². The predicted octanol–water partition coefficient (Wildman–Crippen LogP) is 0.826. The summed E-state index contributed by atoms with van der Waals surface area (Å²) in [5.74, 6) is 6.43. The van der Waals surface area contributed by atoms with Gasteiger partial charge in [-0.25, -0.2) is 15.8 Å². The molecule has 0 saturated heterocycles. The number of carbonyl (C=O) groups is 1. The van der Waals surface area contributed by atoms with Gasteiger partial charge in [-0.2, -0.15) is 0 Å². The molecule has 1 heterocycles. The number of hydrogen-bond donors (Lipinski definition) is 3. The first-order chi connectivity index (χ1) is 8.69. The van der Waals surface area contributed by atoms with Gasteiger partial charge in [-0.05, 0) is 20.3 Å². The van der Waals surface area contributed by atoms with Crippen molar-refractivity contribution in [3.05, 3.63) is 11.9 Å². The highest BCUT2D eigenvalue weighted by atomic mass is 16.5. The molecule has 0 bridgehead atoms. The summed E-state index contributed by atoms with van der Waals surface area (Å²) in [5.41, 5.74) is 3.34. The number of nitrogens with one attached hydrogen (secondary N) is 2. The number of ether oxygens (including phenoxy) is 1. The van der Waals surface area contributed by atoms with Crippen molar-refractivity contribution in [1.82, 2.24) is 9.97 Å². The molecular formula is C11H19N5O2. The fourth-order valence-electron chi connectivity index (χ4n) is 1.45. The summed E-state index contributed by atoms with van der Waals surface area (Å²) in [6.07, 6.45) is 2.51. The van der Waals surface area contributed by atoms with Crippen molar-refractivity contribution in [2.45, 2.75) is 26.7 Å². The lowest BCUT2D eigenvalue weighted by molar-refractivity contribution is -0.143. The van der Waals surface area contributed by atoms with E-state index in [0.717, 1.165) is 5.56 Å². The van der Waals surface area contributed by atoms with E-state index in [9.17, 15) is 4.79 Å². The number of anilines is 2. The lowest BCUT2D eigenvalue weighted by Gasteiger charge is -2.10. The number of hydrazine groups is 1. The van der Waals surface area contributed by atoms with Crippen LogP contribution in [-0.4, -0.2) is 29.1 Å². The van der Waals surface area contributed by atoms with Crippen molar-refractivity contribution in [3.63, 3.8) is 0 Å². The van der Waals surface area contributed by atoms with Gasteiger partial charge >= 0.3 is 5.97 Å². The van der Waals surface area contributed by atoms with Gasteiger partial charge in [-0.1, -0.05) is 0 Å². The molecule has 1 rings (SSSR count).